The predicted octanol–water partition coefficient (Wildman–Crippen LogP) is 0.764. The Hall–Kier alpha value is -1.31. The highest BCUT2D eigenvalue weighted by Gasteiger charge is 2.11. The second-order valence-electron chi connectivity index (χ2n) is 3.08. The monoisotopic (exact) mass is 224 g/mol. The SMILES string of the molecule is Cc1ccc(S(=O)(=O)CC#CCO)cc1. The van der Waals surface area contributed by atoms with E-state index < -0.39 is 9.84 Å². The summed E-state index contributed by atoms with van der Waals surface area (Å²) in [5.41, 5.74) is 1.01. The van der Waals surface area contributed by atoms with Gasteiger partial charge in [-0.05, 0) is 19.1 Å². The molecule has 4 heteroatoms. The van der Waals surface area contributed by atoms with E-state index in [-0.39, 0.29) is 17.3 Å². The zero-order valence-electron chi connectivity index (χ0n) is 8.40. The molecule has 15 heavy (non-hydrogen) atoms. The molecule has 0 heterocycles. The van der Waals surface area contributed by atoms with E-state index in [2.05, 4.69) is 11.8 Å². The molecule has 3 nitrogen and oxygen atoms in total. The van der Waals surface area contributed by atoms with Gasteiger partial charge in [-0.3, -0.25) is 0 Å². The molecule has 1 aromatic carbocycles. The molecule has 0 saturated heterocycles. The summed E-state index contributed by atoms with van der Waals surface area (Å²) in [5.74, 6) is 4.46. The number of benzene rings is 1. The van der Waals surface area contributed by atoms with Crippen LogP contribution in [0.5, 0.6) is 0 Å². The van der Waals surface area contributed by atoms with Crippen molar-refractivity contribution in [1.29, 1.82) is 0 Å². The zero-order chi connectivity index (χ0) is 11.3. The molecule has 0 aliphatic heterocycles. The molecule has 1 N–H and O–H groups in total. The summed E-state index contributed by atoms with van der Waals surface area (Å²) in [6, 6.07) is 6.61. The first kappa shape index (κ1) is 11.8. The number of sulfone groups is 1. The van der Waals surface area contributed by atoms with E-state index in [1.807, 2.05) is 6.92 Å². The van der Waals surface area contributed by atoms with E-state index in [0.717, 1.165) is 5.56 Å². The van der Waals surface area contributed by atoms with Gasteiger partial charge in [-0.1, -0.05) is 29.5 Å². The average molecular weight is 224 g/mol. The van der Waals surface area contributed by atoms with Gasteiger partial charge >= 0.3 is 0 Å². The molecule has 0 spiro atoms. The summed E-state index contributed by atoms with van der Waals surface area (Å²) in [6.45, 7) is 1.57. The van der Waals surface area contributed by atoms with Gasteiger partial charge in [0.2, 0.25) is 0 Å². The van der Waals surface area contributed by atoms with Gasteiger partial charge in [0.15, 0.2) is 9.84 Å². The molecule has 80 valence electrons. The number of rotatable bonds is 2. The Balaban J connectivity index is 2.91. The summed E-state index contributed by atoms with van der Waals surface area (Å²) in [6.07, 6.45) is 0. The first-order valence-electron chi connectivity index (χ1n) is 4.42. The summed E-state index contributed by atoms with van der Waals surface area (Å²) < 4.78 is 23.3. The van der Waals surface area contributed by atoms with Gasteiger partial charge in [0.1, 0.15) is 12.4 Å². The second-order valence-corrected chi connectivity index (χ2v) is 5.07. The van der Waals surface area contributed by atoms with E-state index in [1.165, 1.54) is 0 Å². The summed E-state index contributed by atoms with van der Waals surface area (Å²) in [7, 11) is -3.33. The van der Waals surface area contributed by atoms with Gasteiger partial charge in [0.25, 0.3) is 0 Å². The first-order chi connectivity index (χ1) is 7.06. The van der Waals surface area contributed by atoms with Crippen LogP contribution in [0.15, 0.2) is 29.2 Å². The second kappa shape index (κ2) is 4.96. The van der Waals surface area contributed by atoms with Crippen LogP contribution in [0.25, 0.3) is 0 Å². The third-order valence-corrected chi connectivity index (χ3v) is 3.36. The Kier molecular flexibility index (Phi) is 3.89. The molecule has 0 bridgehead atoms. The number of aryl methyl sites for hydroxylation is 1. The van der Waals surface area contributed by atoms with Crippen LogP contribution in [0.4, 0.5) is 0 Å². The maximum Gasteiger partial charge on any atom is 0.189 e. The lowest BCUT2D eigenvalue weighted by atomic mass is 10.2. The molecule has 0 aromatic heterocycles. The van der Waals surface area contributed by atoms with Crippen LogP contribution in [0.3, 0.4) is 0 Å². The van der Waals surface area contributed by atoms with E-state index in [1.54, 1.807) is 24.3 Å². The fourth-order valence-corrected chi connectivity index (χ4v) is 2.04. The third-order valence-electron chi connectivity index (χ3n) is 1.85. The van der Waals surface area contributed by atoms with Crippen molar-refractivity contribution in [2.45, 2.75) is 11.8 Å². The highest BCUT2D eigenvalue weighted by molar-refractivity contribution is 7.91. The van der Waals surface area contributed by atoms with Crippen molar-refractivity contribution < 1.29 is 13.5 Å². The van der Waals surface area contributed by atoms with Crippen LogP contribution in [-0.2, 0) is 9.84 Å². The van der Waals surface area contributed by atoms with Gasteiger partial charge < -0.3 is 5.11 Å². The van der Waals surface area contributed by atoms with Gasteiger partial charge in [-0.15, -0.1) is 0 Å². The number of aliphatic hydroxyl groups is 1. The quantitative estimate of drug-likeness (QED) is 0.755. The normalized spacial score (nSPS) is 10.5. The first-order valence-corrected chi connectivity index (χ1v) is 6.07. The van der Waals surface area contributed by atoms with Gasteiger partial charge in [-0.25, -0.2) is 8.42 Å². The Bertz CT molecular complexity index is 475. The Morgan fingerprint density at radius 2 is 1.80 bits per heavy atom. The lowest BCUT2D eigenvalue weighted by molar-refractivity contribution is 0.350. The molecule has 0 aliphatic carbocycles. The minimum absolute atomic E-state index is 0.253. The lowest BCUT2D eigenvalue weighted by Gasteiger charge is -2.00. The molecule has 0 amide bonds. The molecule has 0 saturated carbocycles. The van der Waals surface area contributed by atoms with E-state index in [9.17, 15) is 8.42 Å². The minimum Gasteiger partial charge on any atom is -0.384 e. The van der Waals surface area contributed by atoms with Gasteiger partial charge in [0, 0.05) is 0 Å². The van der Waals surface area contributed by atoms with Crippen molar-refractivity contribution in [1.82, 2.24) is 0 Å². The van der Waals surface area contributed by atoms with Gasteiger partial charge in [0.05, 0.1) is 4.90 Å². The fourth-order valence-electron chi connectivity index (χ4n) is 1.03. The van der Waals surface area contributed by atoms with E-state index >= 15 is 0 Å². The number of hydrogen-bond acceptors (Lipinski definition) is 3. The third kappa shape index (κ3) is 3.39. The Morgan fingerprint density at radius 3 is 2.33 bits per heavy atom. The summed E-state index contributed by atoms with van der Waals surface area (Å²) >= 11 is 0. The highest BCUT2D eigenvalue weighted by Crippen LogP contribution is 2.11. The minimum atomic E-state index is -3.33. The van der Waals surface area contributed by atoms with Crippen molar-refractivity contribution >= 4 is 9.84 Å². The molecule has 1 rings (SSSR count). The molecule has 0 aliphatic rings. The Morgan fingerprint density at radius 1 is 1.20 bits per heavy atom. The van der Waals surface area contributed by atoms with Crippen LogP contribution in [0, 0.1) is 18.8 Å². The topological polar surface area (TPSA) is 54.4 Å². The molecule has 1 aromatic rings. The van der Waals surface area contributed by atoms with Crippen LogP contribution in [0.1, 0.15) is 5.56 Å². The lowest BCUT2D eigenvalue weighted by Crippen LogP contribution is -2.05. The summed E-state index contributed by atoms with van der Waals surface area (Å²) in [4.78, 5) is 0.264. The van der Waals surface area contributed by atoms with Crippen molar-refractivity contribution in [3.05, 3.63) is 29.8 Å². The smallest absolute Gasteiger partial charge is 0.189 e. The predicted molar refractivity (Wildman–Crippen MR) is 58.1 cm³/mol. The van der Waals surface area contributed by atoms with Crippen molar-refractivity contribution in [3.63, 3.8) is 0 Å². The van der Waals surface area contributed by atoms with Crippen LogP contribution in [0.2, 0.25) is 0 Å². The number of aliphatic hydroxyl groups excluding tert-OH is 1. The van der Waals surface area contributed by atoms with Crippen molar-refractivity contribution in [2.24, 2.45) is 0 Å². The van der Waals surface area contributed by atoms with E-state index in [4.69, 9.17) is 5.11 Å². The highest BCUT2D eigenvalue weighted by atomic mass is 32.2. The van der Waals surface area contributed by atoms with Crippen LogP contribution >= 0.6 is 0 Å². The molecule has 0 unspecified atom stereocenters. The van der Waals surface area contributed by atoms with Gasteiger partial charge in [-0.2, -0.15) is 0 Å². The largest absolute Gasteiger partial charge is 0.384 e. The standard InChI is InChI=1S/C11H12O3S/c1-10-4-6-11(7-5-10)15(13,14)9-3-2-8-12/h4-7,12H,8-9H2,1H3. The molecular weight excluding hydrogens is 212 g/mol. The van der Waals surface area contributed by atoms with Crippen molar-refractivity contribution in [3.8, 4) is 11.8 Å². The van der Waals surface area contributed by atoms with Crippen LogP contribution in [-0.4, -0.2) is 25.9 Å². The number of hydrogen-bond donors (Lipinski definition) is 1. The molecule has 0 atom stereocenters. The summed E-state index contributed by atoms with van der Waals surface area (Å²) in [5, 5.41) is 8.40. The maximum absolute atomic E-state index is 11.6. The Labute approximate surface area is 89.7 Å². The molecule has 0 radical (unpaired) electrons. The molecule has 0 fully saturated rings. The maximum atomic E-state index is 11.6. The average Bonchev–Trinajstić information content (AvgIpc) is 2.18. The zero-order valence-corrected chi connectivity index (χ0v) is 9.21. The van der Waals surface area contributed by atoms with Crippen LogP contribution < -0.4 is 0 Å². The van der Waals surface area contributed by atoms with E-state index in [0.29, 0.717) is 0 Å². The molecular formula is C11H12O3S. The fraction of sp³-hybridized carbons (Fsp3) is 0.273. The van der Waals surface area contributed by atoms with Crippen molar-refractivity contribution in [2.75, 3.05) is 12.4 Å².